The van der Waals surface area contributed by atoms with Crippen LogP contribution in [-0.2, 0) is 11.2 Å². The average molecular weight is 396 g/mol. The van der Waals surface area contributed by atoms with Gasteiger partial charge in [-0.15, -0.1) is 12.4 Å². The lowest BCUT2D eigenvalue weighted by Crippen LogP contribution is -2.33. The molecule has 0 aromatic heterocycles. The summed E-state index contributed by atoms with van der Waals surface area (Å²) < 4.78 is 1.02. The molecule has 2 aromatic rings. The number of carbonyl (C=O) groups is 1. The zero-order valence-corrected chi connectivity index (χ0v) is 15.1. The Morgan fingerprint density at radius 1 is 1.09 bits per heavy atom. The lowest BCUT2D eigenvalue weighted by Gasteiger charge is -2.16. The fraction of sp³-hybridized carbons (Fsp3) is 0.278. The van der Waals surface area contributed by atoms with Crippen molar-refractivity contribution in [3.05, 3.63) is 70.2 Å². The van der Waals surface area contributed by atoms with Crippen LogP contribution in [-0.4, -0.2) is 29.9 Å². The number of carbonyl (C=O) groups excluding carboxylic acids is 1. The molecule has 1 amide bonds. The van der Waals surface area contributed by atoms with Crippen LogP contribution >= 0.6 is 28.3 Å². The summed E-state index contributed by atoms with van der Waals surface area (Å²) in [6.07, 6.45) is 0.432. The molecule has 0 unspecified atom stereocenters. The first-order valence-electron chi connectivity index (χ1n) is 7.46. The van der Waals surface area contributed by atoms with Crippen LogP contribution in [0.3, 0.4) is 0 Å². The maximum atomic E-state index is 12.5. The van der Waals surface area contributed by atoms with Crippen molar-refractivity contribution < 1.29 is 4.79 Å². The molecule has 0 aliphatic carbocycles. The molecule has 1 saturated heterocycles. The summed E-state index contributed by atoms with van der Waals surface area (Å²) in [5.41, 5.74) is 8.50. The van der Waals surface area contributed by atoms with E-state index in [2.05, 4.69) is 28.1 Å². The molecule has 0 bridgehead atoms. The Morgan fingerprint density at radius 3 is 2.39 bits per heavy atom. The normalized spacial score (nSPS) is 20.2. The number of nitrogens with two attached hydrogens (primary N) is 1. The summed E-state index contributed by atoms with van der Waals surface area (Å²) in [7, 11) is 0. The molecule has 3 nitrogen and oxygen atoms in total. The van der Waals surface area contributed by atoms with Crippen molar-refractivity contribution in [3.8, 4) is 0 Å². The van der Waals surface area contributed by atoms with Crippen molar-refractivity contribution in [1.82, 2.24) is 4.90 Å². The number of hydrogen-bond acceptors (Lipinski definition) is 2. The van der Waals surface area contributed by atoms with Gasteiger partial charge in [-0.05, 0) is 23.3 Å². The molecule has 1 heterocycles. The molecule has 0 radical (unpaired) electrons. The predicted octanol–water partition coefficient (Wildman–Crippen LogP) is 3.37. The van der Waals surface area contributed by atoms with Gasteiger partial charge in [-0.25, -0.2) is 0 Å². The number of halogens is 2. The Labute approximate surface area is 151 Å². The van der Waals surface area contributed by atoms with E-state index in [4.69, 9.17) is 5.73 Å². The van der Waals surface area contributed by atoms with Crippen molar-refractivity contribution in [2.24, 2.45) is 5.73 Å². The van der Waals surface area contributed by atoms with E-state index in [1.165, 1.54) is 5.56 Å². The maximum Gasteiger partial charge on any atom is 0.227 e. The van der Waals surface area contributed by atoms with Crippen LogP contribution < -0.4 is 5.73 Å². The largest absolute Gasteiger partial charge is 0.340 e. The van der Waals surface area contributed by atoms with Crippen LogP contribution in [0.25, 0.3) is 0 Å². The van der Waals surface area contributed by atoms with E-state index < -0.39 is 0 Å². The van der Waals surface area contributed by atoms with E-state index in [1.54, 1.807) is 0 Å². The highest BCUT2D eigenvalue weighted by Gasteiger charge is 2.33. The smallest absolute Gasteiger partial charge is 0.227 e. The van der Waals surface area contributed by atoms with Crippen LogP contribution in [0.15, 0.2) is 59.1 Å². The Hall–Kier alpha value is -1.36. The van der Waals surface area contributed by atoms with E-state index in [0.29, 0.717) is 19.5 Å². The van der Waals surface area contributed by atoms with Gasteiger partial charge in [-0.1, -0.05) is 58.4 Å². The van der Waals surface area contributed by atoms with Crippen LogP contribution in [0.1, 0.15) is 17.0 Å². The quantitative estimate of drug-likeness (QED) is 0.866. The Kier molecular flexibility index (Phi) is 6.22. The first kappa shape index (κ1) is 18.0. The van der Waals surface area contributed by atoms with Crippen molar-refractivity contribution >= 4 is 34.2 Å². The number of amides is 1. The molecule has 1 aliphatic heterocycles. The molecule has 1 fully saturated rings. The third kappa shape index (κ3) is 4.34. The van der Waals surface area contributed by atoms with Gasteiger partial charge < -0.3 is 10.6 Å². The standard InChI is InChI=1S/C18H19BrN2O.ClH/c19-15-8-6-13(7-9-15)10-18(22)21-11-16(17(20)12-21)14-4-2-1-3-5-14;/h1-9,16-17H,10-12,20H2;1H/t16-,17+;/m0./s1. The number of likely N-dealkylation sites (tertiary alicyclic amines) is 1. The van der Waals surface area contributed by atoms with Gasteiger partial charge in [0.05, 0.1) is 6.42 Å². The summed E-state index contributed by atoms with van der Waals surface area (Å²) >= 11 is 3.41. The van der Waals surface area contributed by atoms with Gasteiger partial charge in [-0.3, -0.25) is 4.79 Å². The number of hydrogen-bond donors (Lipinski definition) is 1. The van der Waals surface area contributed by atoms with Crippen molar-refractivity contribution in [3.63, 3.8) is 0 Å². The van der Waals surface area contributed by atoms with E-state index in [9.17, 15) is 4.79 Å². The van der Waals surface area contributed by atoms with Gasteiger partial charge in [0.2, 0.25) is 5.91 Å². The predicted molar refractivity (Wildman–Crippen MR) is 98.8 cm³/mol. The topological polar surface area (TPSA) is 46.3 Å². The zero-order chi connectivity index (χ0) is 15.5. The molecule has 2 atom stereocenters. The minimum absolute atomic E-state index is 0. The van der Waals surface area contributed by atoms with Crippen LogP contribution in [0.2, 0.25) is 0 Å². The number of nitrogens with zero attached hydrogens (tertiary/aromatic N) is 1. The van der Waals surface area contributed by atoms with Crippen LogP contribution in [0, 0.1) is 0 Å². The molecule has 2 N–H and O–H groups in total. The molecule has 23 heavy (non-hydrogen) atoms. The minimum Gasteiger partial charge on any atom is -0.340 e. The lowest BCUT2D eigenvalue weighted by molar-refractivity contribution is -0.129. The highest BCUT2D eigenvalue weighted by atomic mass is 79.9. The monoisotopic (exact) mass is 394 g/mol. The maximum absolute atomic E-state index is 12.5. The molecule has 0 spiro atoms. The van der Waals surface area contributed by atoms with E-state index in [0.717, 1.165) is 10.0 Å². The van der Waals surface area contributed by atoms with Crippen LogP contribution in [0.5, 0.6) is 0 Å². The molecule has 1 aliphatic rings. The van der Waals surface area contributed by atoms with Gasteiger partial charge in [0.15, 0.2) is 0 Å². The highest BCUT2D eigenvalue weighted by molar-refractivity contribution is 9.10. The van der Waals surface area contributed by atoms with Crippen molar-refractivity contribution in [2.45, 2.75) is 18.4 Å². The molecule has 122 valence electrons. The van der Waals surface area contributed by atoms with Gasteiger partial charge in [0, 0.05) is 29.5 Å². The second-order valence-electron chi connectivity index (χ2n) is 5.78. The van der Waals surface area contributed by atoms with Crippen molar-refractivity contribution in [2.75, 3.05) is 13.1 Å². The van der Waals surface area contributed by atoms with Gasteiger partial charge in [0.1, 0.15) is 0 Å². The van der Waals surface area contributed by atoms with Crippen molar-refractivity contribution in [1.29, 1.82) is 0 Å². The van der Waals surface area contributed by atoms with Crippen LogP contribution in [0.4, 0.5) is 0 Å². The van der Waals surface area contributed by atoms with Gasteiger partial charge in [0.25, 0.3) is 0 Å². The summed E-state index contributed by atoms with van der Waals surface area (Å²) in [6.45, 7) is 1.34. The average Bonchev–Trinajstić information content (AvgIpc) is 2.92. The third-order valence-electron chi connectivity index (χ3n) is 4.21. The zero-order valence-electron chi connectivity index (χ0n) is 12.7. The fourth-order valence-electron chi connectivity index (χ4n) is 2.97. The second-order valence-corrected chi connectivity index (χ2v) is 6.70. The summed E-state index contributed by atoms with van der Waals surface area (Å²) in [6, 6.07) is 18.1. The lowest BCUT2D eigenvalue weighted by atomic mass is 9.95. The Bertz CT molecular complexity index is 648. The minimum atomic E-state index is 0. The fourth-order valence-corrected chi connectivity index (χ4v) is 3.24. The number of benzene rings is 2. The summed E-state index contributed by atoms with van der Waals surface area (Å²) in [4.78, 5) is 14.4. The summed E-state index contributed by atoms with van der Waals surface area (Å²) in [5, 5.41) is 0. The number of rotatable bonds is 3. The van der Waals surface area contributed by atoms with E-state index in [1.807, 2.05) is 47.4 Å². The summed E-state index contributed by atoms with van der Waals surface area (Å²) in [5.74, 6) is 0.381. The molecule has 5 heteroatoms. The molecule has 2 aromatic carbocycles. The molecular weight excluding hydrogens is 376 g/mol. The second kappa shape index (κ2) is 7.95. The molecule has 3 rings (SSSR count). The molecule has 0 saturated carbocycles. The third-order valence-corrected chi connectivity index (χ3v) is 4.74. The Morgan fingerprint density at radius 2 is 1.74 bits per heavy atom. The van der Waals surface area contributed by atoms with E-state index in [-0.39, 0.29) is 30.3 Å². The highest BCUT2D eigenvalue weighted by Crippen LogP contribution is 2.26. The van der Waals surface area contributed by atoms with Gasteiger partial charge >= 0.3 is 0 Å². The SMILES string of the molecule is Cl.N[C@@H]1CN(C(=O)Cc2ccc(Br)cc2)C[C@H]1c1ccccc1. The Balaban J connectivity index is 0.00000192. The molecular formula is C18H20BrClN2O. The first-order valence-corrected chi connectivity index (χ1v) is 8.25. The van der Waals surface area contributed by atoms with E-state index >= 15 is 0 Å². The first-order chi connectivity index (χ1) is 10.6. The van der Waals surface area contributed by atoms with Gasteiger partial charge in [-0.2, -0.15) is 0 Å².